The number of fused-ring (bicyclic) bond motifs is 6. The molecule has 0 radical (unpaired) electrons. The van der Waals surface area contributed by atoms with Crippen LogP contribution in [0.25, 0.3) is 0 Å². The molecule has 0 aromatic carbocycles. The molecule has 14 atom stereocenters. The second kappa shape index (κ2) is 14.7. The van der Waals surface area contributed by atoms with Gasteiger partial charge in [0.15, 0.2) is 0 Å². The number of ether oxygens (including phenoxy) is 1. The summed E-state index contributed by atoms with van der Waals surface area (Å²) in [6, 6.07) is 0. The highest BCUT2D eigenvalue weighted by atomic mass is 16.5. The average Bonchev–Trinajstić information content (AvgIpc) is 3.55. The van der Waals surface area contributed by atoms with Gasteiger partial charge in [0.05, 0.1) is 12.2 Å². The number of rotatable bonds is 4. The van der Waals surface area contributed by atoms with Gasteiger partial charge >= 0.3 is 0 Å². The molecule has 1 heteroatoms. The fourth-order valence-electron chi connectivity index (χ4n) is 18.3. The molecule has 9 saturated carbocycles. The van der Waals surface area contributed by atoms with Crippen LogP contribution in [0.3, 0.4) is 0 Å². The molecule has 0 spiro atoms. The van der Waals surface area contributed by atoms with Crippen LogP contribution in [0, 0.1) is 94.7 Å². The molecular formula is C48H78O. The van der Waals surface area contributed by atoms with Crippen molar-refractivity contribution in [3.05, 3.63) is 0 Å². The van der Waals surface area contributed by atoms with Crippen LogP contribution in [-0.4, -0.2) is 12.2 Å². The van der Waals surface area contributed by atoms with Crippen molar-refractivity contribution >= 4 is 0 Å². The van der Waals surface area contributed by atoms with Gasteiger partial charge in [-0.2, -0.15) is 0 Å². The molecule has 1 saturated heterocycles. The van der Waals surface area contributed by atoms with Crippen LogP contribution >= 0.6 is 0 Å². The summed E-state index contributed by atoms with van der Waals surface area (Å²) in [4.78, 5) is 0. The zero-order valence-corrected chi connectivity index (χ0v) is 32.0. The fraction of sp³-hybridized carbons (Fsp3) is 1.00. The molecule has 1 heterocycles. The van der Waals surface area contributed by atoms with Crippen molar-refractivity contribution < 1.29 is 4.74 Å². The first kappa shape index (κ1) is 33.5. The molecule has 0 N–H and O–H groups in total. The molecule has 10 rings (SSSR count). The summed E-state index contributed by atoms with van der Waals surface area (Å²) in [5.41, 5.74) is 0. The molecular weight excluding hydrogens is 593 g/mol. The van der Waals surface area contributed by atoms with Crippen molar-refractivity contribution in [2.45, 2.75) is 205 Å². The summed E-state index contributed by atoms with van der Waals surface area (Å²) in [5.74, 6) is 17.3. The maximum atomic E-state index is 6.82. The Kier molecular flexibility index (Phi) is 10.0. The van der Waals surface area contributed by atoms with Crippen molar-refractivity contribution in [2.75, 3.05) is 0 Å². The molecule has 0 aromatic heterocycles. The summed E-state index contributed by atoms with van der Waals surface area (Å²) < 4.78 is 6.82. The van der Waals surface area contributed by atoms with Gasteiger partial charge in [0.1, 0.15) is 0 Å². The van der Waals surface area contributed by atoms with E-state index in [0.29, 0.717) is 12.2 Å². The zero-order chi connectivity index (χ0) is 32.3. The van der Waals surface area contributed by atoms with Gasteiger partial charge in [0, 0.05) is 0 Å². The monoisotopic (exact) mass is 671 g/mol. The Labute approximate surface area is 303 Å². The molecule has 14 unspecified atom stereocenters. The lowest BCUT2D eigenvalue weighted by Gasteiger charge is -2.61. The van der Waals surface area contributed by atoms with Gasteiger partial charge in [-0.05, 0) is 204 Å². The maximum Gasteiger partial charge on any atom is 0.0611 e. The van der Waals surface area contributed by atoms with Gasteiger partial charge in [0.25, 0.3) is 0 Å². The molecule has 10 aliphatic rings. The van der Waals surface area contributed by atoms with Crippen molar-refractivity contribution in [2.24, 2.45) is 94.7 Å². The van der Waals surface area contributed by atoms with E-state index in [2.05, 4.69) is 0 Å². The highest BCUT2D eigenvalue weighted by Crippen LogP contribution is 2.64. The minimum absolute atomic E-state index is 0.643. The van der Waals surface area contributed by atoms with Crippen LogP contribution in [-0.2, 0) is 4.74 Å². The first-order chi connectivity index (χ1) is 24.3. The average molecular weight is 671 g/mol. The summed E-state index contributed by atoms with van der Waals surface area (Å²) in [5, 5.41) is 0. The highest BCUT2D eigenvalue weighted by molar-refractivity contribution is 5.06. The summed E-state index contributed by atoms with van der Waals surface area (Å²) >= 11 is 0. The molecule has 10 fully saturated rings. The quantitative estimate of drug-likeness (QED) is 0.289. The summed E-state index contributed by atoms with van der Waals surface area (Å²) in [6.45, 7) is 0. The molecule has 276 valence electrons. The normalized spacial score (nSPS) is 54.9. The summed E-state index contributed by atoms with van der Waals surface area (Å²) in [6.07, 6.45) is 48.4. The van der Waals surface area contributed by atoms with Gasteiger partial charge in [-0.1, -0.05) is 83.5 Å². The molecule has 1 aliphatic heterocycles. The molecule has 1 nitrogen and oxygen atoms in total. The van der Waals surface area contributed by atoms with E-state index in [1.54, 1.807) is 154 Å². The lowest BCUT2D eigenvalue weighted by Crippen LogP contribution is -2.55. The smallest absolute Gasteiger partial charge is 0.0611 e. The molecule has 0 amide bonds. The van der Waals surface area contributed by atoms with Gasteiger partial charge in [0.2, 0.25) is 0 Å². The van der Waals surface area contributed by atoms with Crippen LogP contribution in [0.4, 0.5) is 0 Å². The predicted octanol–water partition coefficient (Wildman–Crippen LogP) is 13.4. The Morgan fingerprint density at radius 3 is 1.27 bits per heavy atom. The number of hydrogen-bond acceptors (Lipinski definition) is 1. The van der Waals surface area contributed by atoms with Crippen molar-refractivity contribution in [1.82, 2.24) is 0 Å². The Morgan fingerprint density at radius 1 is 0.224 bits per heavy atom. The van der Waals surface area contributed by atoms with Crippen LogP contribution in [0.15, 0.2) is 0 Å². The minimum Gasteiger partial charge on any atom is -0.374 e. The maximum absolute atomic E-state index is 6.82. The first-order valence-electron chi connectivity index (χ1n) is 24.0. The van der Waals surface area contributed by atoms with Crippen molar-refractivity contribution in [3.8, 4) is 0 Å². The van der Waals surface area contributed by atoms with E-state index >= 15 is 0 Å². The van der Waals surface area contributed by atoms with Gasteiger partial charge in [-0.15, -0.1) is 0 Å². The van der Waals surface area contributed by atoms with Gasteiger partial charge < -0.3 is 4.74 Å². The molecule has 0 aromatic rings. The van der Waals surface area contributed by atoms with E-state index in [0.717, 1.165) is 94.7 Å². The van der Waals surface area contributed by atoms with E-state index in [-0.39, 0.29) is 0 Å². The topological polar surface area (TPSA) is 9.23 Å². The largest absolute Gasteiger partial charge is 0.374 e. The van der Waals surface area contributed by atoms with Crippen molar-refractivity contribution in [1.29, 1.82) is 0 Å². The fourth-order valence-corrected chi connectivity index (χ4v) is 18.3. The van der Waals surface area contributed by atoms with E-state index in [1.165, 1.54) is 38.5 Å². The van der Waals surface area contributed by atoms with Crippen LogP contribution in [0.2, 0.25) is 0 Å². The Balaban J connectivity index is 0.875. The van der Waals surface area contributed by atoms with E-state index in [1.807, 2.05) is 0 Å². The van der Waals surface area contributed by atoms with Crippen molar-refractivity contribution in [3.63, 3.8) is 0 Å². The zero-order valence-electron chi connectivity index (χ0n) is 32.0. The molecule has 9 aliphatic carbocycles. The van der Waals surface area contributed by atoms with Gasteiger partial charge in [-0.3, -0.25) is 0 Å². The van der Waals surface area contributed by atoms with Crippen LogP contribution in [0.5, 0.6) is 0 Å². The third-order valence-corrected chi connectivity index (χ3v) is 19.8. The standard InChI is InChI=1S/C48H78O/c1-2-14-35-31(12-1)13-11-22-36(35)32-24-26-33(27-25-32)47-40-18-5-7-20-42(40)48(43-21-8-6-19-41(43)47)39-17-4-3-15-37(39)34-28-29-46-44(30-34)38-16-9-10-23-45(38)49-46/h31-48H,1-30H2. The Morgan fingerprint density at radius 2 is 0.612 bits per heavy atom. The Bertz CT molecular complexity index is 1060. The van der Waals surface area contributed by atoms with E-state index in [4.69, 9.17) is 4.74 Å². The molecule has 49 heavy (non-hydrogen) atoms. The summed E-state index contributed by atoms with van der Waals surface area (Å²) in [7, 11) is 0. The van der Waals surface area contributed by atoms with E-state index < -0.39 is 0 Å². The lowest BCUT2D eigenvalue weighted by atomic mass is 9.43. The van der Waals surface area contributed by atoms with E-state index in [9.17, 15) is 0 Å². The second-order valence-electron chi connectivity index (χ2n) is 21.4. The second-order valence-corrected chi connectivity index (χ2v) is 21.4. The number of hydrogen-bond donors (Lipinski definition) is 0. The SMILES string of the molecule is C1CCC2C(C1)CCCC2C1CCC(C2C3CCCCC3C(C3CCCCC3C3CCC4OC5CCCCC5C4C3)C3CCCCC32)CC1. The van der Waals surface area contributed by atoms with Crippen LogP contribution in [0.1, 0.15) is 193 Å². The predicted molar refractivity (Wildman–Crippen MR) is 203 cm³/mol. The third kappa shape index (κ3) is 6.19. The van der Waals surface area contributed by atoms with Crippen LogP contribution < -0.4 is 0 Å². The minimum atomic E-state index is 0.643. The highest BCUT2D eigenvalue weighted by Gasteiger charge is 2.57. The van der Waals surface area contributed by atoms with Gasteiger partial charge in [-0.25, -0.2) is 0 Å². The third-order valence-electron chi connectivity index (χ3n) is 19.8. The Hall–Kier alpha value is -0.0400. The molecule has 0 bridgehead atoms. The lowest BCUT2D eigenvalue weighted by molar-refractivity contribution is -0.129. The first-order valence-corrected chi connectivity index (χ1v) is 24.0.